The number of aryl methyl sites for hydroxylation is 1. The van der Waals surface area contributed by atoms with Crippen LogP contribution in [0.15, 0.2) is 36.4 Å². The lowest BCUT2D eigenvalue weighted by atomic mass is 9.53. The number of rotatable bonds is 6. The van der Waals surface area contributed by atoms with E-state index in [0.717, 1.165) is 74.2 Å². The molecule has 5 nitrogen and oxygen atoms in total. The molecule has 3 heterocycles. The molecule has 35 heavy (non-hydrogen) atoms. The van der Waals surface area contributed by atoms with Crippen LogP contribution in [-0.4, -0.2) is 37.2 Å². The van der Waals surface area contributed by atoms with Crippen LogP contribution in [0.3, 0.4) is 0 Å². The van der Waals surface area contributed by atoms with E-state index in [2.05, 4.69) is 25.7 Å². The van der Waals surface area contributed by atoms with Crippen LogP contribution in [0.1, 0.15) is 57.6 Å². The number of piperidine rings is 3. The lowest BCUT2D eigenvalue weighted by Crippen LogP contribution is -2.62. The largest absolute Gasteiger partial charge is 0.494 e. The minimum atomic E-state index is -0.951. The number of benzene rings is 2. The smallest absolute Gasteiger partial charge is 0.405 e. The number of amides is 1. The summed E-state index contributed by atoms with van der Waals surface area (Å²) < 4.78 is 27.7. The monoisotopic (exact) mass is 480 g/mol. The average Bonchev–Trinajstić information content (AvgIpc) is 2.85. The first-order valence-corrected chi connectivity index (χ1v) is 13.0. The molecule has 2 aromatic rings. The zero-order chi connectivity index (χ0) is 24.8. The second-order valence-electron chi connectivity index (χ2n) is 11.1. The fourth-order valence-corrected chi connectivity index (χ4v) is 6.89. The molecular formula is C29H37FN2O3. The maximum absolute atomic E-state index is 15.8. The van der Waals surface area contributed by atoms with Crippen LogP contribution in [0, 0.1) is 23.1 Å². The first-order valence-electron chi connectivity index (χ1n) is 13.0. The summed E-state index contributed by atoms with van der Waals surface area (Å²) in [6.45, 7) is 10.0. The fourth-order valence-electron chi connectivity index (χ4n) is 6.89. The molecule has 2 bridgehead atoms. The van der Waals surface area contributed by atoms with Crippen LogP contribution in [-0.2, 0) is 16.8 Å². The Kier molecular flexibility index (Phi) is 6.28. The van der Waals surface area contributed by atoms with E-state index in [4.69, 9.17) is 15.2 Å². The Labute approximate surface area is 207 Å². The van der Waals surface area contributed by atoms with Gasteiger partial charge in [-0.1, -0.05) is 32.9 Å². The summed E-state index contributed by atoms with van der Waals surface area (Å²) in [7, 11) is 0. The second kappa shape index (κ2) is 9.12. The van der Waals surface area contributed by atoms with Crippen molar-refractivity contribution >= 4 is 6.09 Å². The molecule has 0 unspecified atom stereocenters. The molecule has 3 fully saturated rings. The number of halogens is 1. The van der Waals surface area contributed by atoms with Crippen LogP contribution in [0.25, 0.3) is 11.1 Å². The molecule has 0 aromatic heterocycles. The summed E-state index contributed by atoms with van der Waals surface area (Å²) in [6, 6.07) is 11.2. The predicted molar refractivity (Wildman–Crippen MR) is 135 cm³/mol. The Morgan fingerprint density at radius 1 is 1.17 bits per heavy atom. The molecule has 6 rings (SSSR count). The molecule has 4 aliphatic rings. The maximum atomic E-state index is 15.8. The molecule has 2 N–H and O–H groups in total. The number of hydrogen-bond acceptors (Lipinski definition) is 4. The van der Waals surface area contributed by atoms with Gasteiger partial charge in [0.25, 0.3) is 0 Å². The van der Waals surface area contributed by atoms with Crippen molar-refractivity contribution in [1.29, 1.82) is 0 Å². The topological polar surface area (TPSA) is 64.8 Å². The normalized spacial score (nSPS) is 28.9. The third-order valence-corrected chi connectivity index (χ3v) is 8.70. The molecule has 3 saturated heterocycles. The molecule has 1 aliphatic carbocycles. The zero-order valence-electron chi connectivity index (χ0n) is 21.1. The van der Waals surface area contributed by atoms with Crippen LogP contribution < -0.4 is 10.5 Å². The van der Waals surface area contributed by atoms with Gasteiger partial charge in [0.15, 0.2) is 0 Å². The van der Waals surface area contributed by atoms with Gasteiger partial charge in [-0.25, -0.2) is 9.18 Å². The van der Waals surface area contributed by atoms with Crippen LogP contribution in [0.4, 0.5) is 9.18 Å². The van der Waals surface area contributed by atoms with E-state index < -0.39 is 11.7 Å². The molecule has 2 atom stereocenters. The summed E-state index contributed by atoms with van der Waals surface area (Å²) in [5, 5.41) is 0. The van der Waals surface area contributed by atoms with Gasteiger partial charge in [-0.2, -0.15) is 0 Å². The summed E-state index contributed by atoms with van der Waals surface area (Å²) in [6.07, 6.45) is 3.95. The van der Waals surface area contributed by atoms with E-state index in [1.165, 1.54) is 0 Å². The van der Waals surface area contributed by atoms with Crippen molar-refractivity contribution in [3.8, 4) is 16.9 Å². The third kappa shape index (κ3) is 4.10. The molecule has 0 saturated carbocycles. The quantitative estimate of drug-likeness (QED) is 0.560. The van der Waals surface area contributed by atoms with Gasteiger partial charge in [-0.15, -0.1) is 0 Å². The van der Waals surface area contributed by atoms with Gasteiger partial charge in [0, 0.05) is 29.0 Å². The highest BCUT2D eigenvalue weighted by molar-refractivity contribution is 5.69. The number of fused-ring (bicyclic) bond motifs is 4. The predicted octanol–water partition coefficient (Wildman–Crippen LogP) is 5.89. The number of ether oxygens (including phenoxy) is 2. The molecule has 188 valence electrons. The molecule has 6 heteroatoms. The van der Waals surface area contributed by atoms with Gasteiger partial charge in [0.1, 0.15) is 17.2 Å². The Hall–Kier alpha value is -2.60. The van der Waals surface area contributed by atoms with Crippen LogP contribution in [0.2, 0.25) is 0 Å². The van der Waals surface area contributed by atoms with Crippen molar-refractivity contribution in [1.82, 2.24) is 4.90 Å². The molecular weight excluding hydrogens is 443 g/mol. The number of primary amides is 1. The standard InChI is InChI=1S/C29H37FN2O3/c1-4-15-34-22-7-5-19(6-8-22)23-16-21-9-12-28(2,3)29(35-27(31)33,24(21)17-26(23)30)25-18-32-13-10-20(25)11-14-32/h5-8,16-17,20,25H,4,9-15,18H2,1-3H3,(H2,31,33)/t25-,29-/m1/s1. The van der Waals surface area contributed by atoms with Crippen molar-refractivity contribution in [2.24, 2.45) is 23.0 Å². The first kappa shape index (κ1) is 24.1. The van der Waals surface area contributed by atoms with Crippen molar-refractivity contribution in [2.75, 3.05) is 26.2 Å². The second-order valence-corrected chi connectivity index (χ2v) is 11.1. The highest BCUT2D eigenvalue weighted by atomic mass is 19.1. The summed E-state index contributed by atoms with van der Waals surface area (Å²) in [4.78, 5) is 14.8. The Morgan fingerprint density at radius 3 is 2.49 bits per heavy atom. The zero-order valence-corrected chi connectivity index (χ0v) is 21.1. The van der Waals surface area contributed by atoms with Crippen molar-refractivity contribution in [2.45, 2.75) is 58.5 Å². The molecule has 1 amide bonds. The first-order chi connectivity index (χ1) is 16.7. The van der Waals surface area contributed by atoms with E-state index in [0.29, 0.717) is 18.1 Å². The Morgan fingerprint density at radius 2 is 1.89 bits per heavy atom. The van der Waals surface area contributed by atoms with Gasteiger partial charge in [-0.05, 0) is 86.5 Å². The minimum absolute atomic E-state index is 0.0896. The number of carbonyl (C=O) groups excluding carboxylic acids is 1. The number of carbonyl (C=O) groups is 1. The molecule has 3 aliphatic heterocycles. The van der Waals surface area contributed by atoms with Crippen molar-refractivity contribution in [3.05, 3.63) is 53.3 Å². The third-order valence-electron chi connectivity index (χ3n) is 8.70. The number of hydrogen-bond donors (Lipinski definition) is 1. The number of nitrogens with two attached hydrogens (primary N) is 1. The molecule has 2 aromatic carbocycles. The van der Waals surface area contributed by atoms with E-state index >= 15 is 4.39 Å². The van der Waals surface area contributed by atoms with Gasteiger partial charge < -0.3 is 20.1 Å². The lowest BCUT2D eigenvalue weighted by molar-refractivity contribution is -0.173. The lowest BCUT2D eigenvalue weighted by Gasteiger charge is -2.59. The van der Waals surface area contributed by atoms with E-state index in [1.54, 1.807) is 6.07 Å². The van der Waals surface area contributed by atoms with Crippen molar-refractivity contribution < 1.29 is 18.7 Å². The minimum Gasteiger partial charge on any atom is -0.494 e. The molecule has 0 radical (unpaired) electrons. The summed E-state index contributed by atoms with van der Waals surface area (Å²) >= 11 is 0. The van der Waals surface area contributed by atoms with E-state index in [9.17, 15) is 4.79 Å². The van der Waals surface area contributed by atoms with Gasteiger partial charge in [-0.3, -0.25) is 0 Å². The van der Waals surface area contributed by atoms with Gasteiger partial charge in [0.2, 0.25) is 0 Å². The highest BCUT2D eigenvalue weighted by Gasteiger charge is 2.61. The summed E-state index contributed by atoms with van der Waals surface area (Å²) in [5.41, 5.74) is 7.62. The van der Waals surface area contributed by atoms with Gasteiger partial charge in [0.05, 0.1) is 6.61 Å². The maximum Gasteiger partial charge on any atom is 0.405 e. The van der Waals surface area contributed by atoms with Crippen LogP contribution in [0.5, 0.6) is 5.75 Å². The Balaban J connectivity index is 1.60. The van der Waals surface area contributed by atoms with Gasteiger partial charge >= 0.3 is 6.09 Å². The summed E-state index contributed by atoms with van der Waals surface area (Å²) in [5.74, 6) is 1.00. The van der Waals surface area contributed by atoms with E-state index in [1.807, 2.05) is 30.3 Å². The average molecular weight is 481 g/mol. The Bertz CT molecular complexity index is 1090. The van der Waals surface area contributed by atoms with Crippen molar-refractivity contribution in [3.63, 3.8) is 0 Å². The fraction of sp³-hybridized carbons (Fsp3) is 0.552. The SMILES string of the molecule is CCCOc1ccc(-c2cc3c(cc2F)[C@@](OC(N)=O)([C@@H]2CN4CCC2CC4)C(C)(C)CC3)cc1. The molecule has 0 spiro atoms. The number of nitrogens with zero attached hydrogens (tertiary/aromatic N) is 1. The van der Waals surface area contributed by atoms with Crippen LogP contribution >= 0.6 is 0 Å². The highest BCUT2D eigenvalue weighted by Crippen LogP contribution is 2.59. The van der Waals surface area contributed by atoms with E-state index in [-0.39, 0.29) is 17.2 Å².